The van der Waals surface area contributed by atoms with Crippen molar-refractivity contribution in [3.63, 3.8) is 0 Å². The highest BCUT2D eigenvalue weighted by Gasteiger charge is 2.22. The van der Waals surface area contributed by atoms with E-state index in [1.54, 1.807) is 12.1 Å². The summed E-state index contributed by atoms with van der Waals surface area (Å²) in [5, 5.41) is 18.7. The Balaban J connectivity index is 2.35. The molecule has 0 radical (unpaired) electrons. The molecule has 0 saturated heterocycles. The first-order valence-electron chi connectivity index (χ1n) is 7.20. The van der Waals surface area contributed by atoms with Crippen LogP contribution in [0.2, 0.25) is 0 Å². The lowest BCUT2D eigenvalue weighted by molar-refractivity contribution is 0.0646. The molecule has 0 aliphatic carbocycles. The summed E-state index contributed by atoms with van der Waals surface area (Å²) in [6.45, 7) is 0. The second-order valence-electron chi connectivity index (χ2n) is 5.12. The van der Waals surface area contributed by atoms with E-state index in [2.05, 4.69) is 4.98 Å². The van der Waals surface area contributed by atoms with Crippen molar-refractivity contribution in [2.24, 2.45) is 0 Å². The van der Waals surface area contributed by atoms with Crippen LogP contribution in [-0.2, 0) is 0 Å². The Bertz CT molecular complexity index is 829. The minimum atomic E-state index is -1.37. The van der Waals surface area contributed by atoms with Crippen LogP contribution in [-0.4, -0.2) is 27.1 Å². The Hall–Kier alpha value is -3.47. The van der Waals surface area contributed by atoms with Crippen LogP contribution in [0.3, 0.4) is 0 Å². The lowest BCUT2D eigenvalue weighted by Gasteiger charge is -2.12. The van der Waals surface area contributed by atoms with Gasteiger partial charge in [-0.2, -0.15) is 0 Å². The molecule has 0 atom stereocenters. The number of carboxylic acid groups (broad SMARTS) is 2. The van der Waals surface area contributed by atoms with Crippen molar-refractivity contribution >= 4 is 11.9 Å². The van der Waals surface area contributed by atoms with Crippen LogP contribution in [0.1, 0.15) is 20.8 Å². The number of aromatic nitrogens is 1. The van der Waals surface area contributed by atoms with Gasteiger partial charge in [0, 0.05) is 11.1 Å². The SMILES string of the molecule is O=C(O)c1cc(-c2ccccc2)c(-c2ccccc2)nc1C(=O)O. The van der Waals surface area contributed by atoms with E-state index in [9.17, 15) is 19.8 Å². The molecule has 5 nitrogen and oxygen atoms in total. The largest absolute Gasteiger partial charge is 0.478 e. The van der Waals surface area contributed by atoms with Crippen molar-refractivity contribution in [2.75, 3.05) is 0 Å². The lowest BCUT2D eigenvalue weighted by atomic mass is 9.96. The molecule has 2 N–H and O–H groups in total. The van der Waals surface area contributed by atoms with E-state index in [0.29, 0.717) is 11.3 Å². The van der Waals surface area contributed by atoms with Crippen LogP contribution in [0, 0.1) is 0 Å². The molecule has 0 unspecified atom stereocenters. The van der Waals surface area contributed by atoms with Gasteiger partial charge >= 0.3 is 11.9 Å². The van der Waals surface area contributed by atoms with E-state index in [1.165, 1.54) is 6.07 Å². The Labute approximate surface area is 137 Å². The zero-order chi connectivity index (χ0) is 17.1. The fourth-order valence-corrected chi connectivity index (χ4v) is 2.49. The first kappa shape index (κ1) is 15.4. The van der Waals surface area contributed by atoms with Crippen LogP contribution in [0.15, 0.2) is 66.7 Å². The number of hydrogen-bond acceptors (Lipinski definition) is 3. The molecular formula is C19H13NO4. The molecule has 1 heterocycles. The third-order valence-electron chi connectivity index (χ3n) is 3.59. The average molecular weight is 319 g/mol. The minimum Gasteiger partial charge on any atom is -0.478 e. The van der Waals surface area contributed by atoms with Crippen LogP contribution < -0.4 is 0 Å². The molecule has 3 aromatic rings. The summed E-state index contributed by atoms with van der Waals surface area (Å²) in [6, 6.07) is 19.6. The molecule has 0 amide bonds. The quantitative estimate of drug-likeness (QED) is 0.763. The minimum absolute atomic E-state index is 0.332. The number of aromatic carboxylic acids is 2. The van der Waals surface area contributed by atoms with Crippen LogP contribution in [0.4, 0.5) is 0 Å². The maximum Gasteiger partial charge on any atom is 0.355 e. The molecule has 0 saturated carbocycles. The molecule has 2 aromatic carbocycles. The number of carboxylic acids is 2. The maximum absolute atomic E-state index is 11.5. The van der Waals surface area contributed by atoms with Gasteiger partial charge in [0.15, 0.2) is 5.69 Å². The molecule has 0 bridgehead atoms. The maximum atomic E-state index is 11.5. The Morgan fingerprint density at radius 2 is 1.29 bits per heavy atom. The first-order valence-corrected chi connectivity index (χ1v) is 7.20. The molecule has 0 spiro atoms. The van der Waals surface area contributed by atoms with Crippen molar-refractivity contribution in [3.8, 4) is 22.4 Å². The van der Waals surface area contributed by atoms with E-state index in [1.807, 2.05) is 48.5 Å². The Morgan fingerprint density at radius 1 is 0.750 bits per heavy atom. The van der Waals surface area contributed by atoms with Crippen LogP contribution in [0.25, 0.3) is 22.4 Å². The van der Waals surface area contributed by atoms with Gasteiger partial charge in [0.2, 0.25) is 0 Å². The summed E-state index contributed by atoms with van der Waals surface area (Å²) >= 11 is 0. The fraction of sp³-hybridized carbons (Fsp3) is 0. The number of rotatable bonds is 4. The van der Waals surface area contributed by atoms with Gasteiger partial charge in [-0.25, -0.2) is 14.6 Å². The van der Waals surface area contributed by atoms with E-state index in [-0.39, 0.29) is 5.56 Å². The Kier molecular flexibility index (Phi) is 4.07. The monoisotopic (exact) mass is 319 g/mol. The summed E-state index contributed by atoms with van der Waals surface area (Å²) in [4.78, 5) is 27.0. The molecule has 3 rings (SSSR count). The van der Waals surface area contributed by atoms with Gasteiger partial charge < -0.3 is 10.2 Å². The highest BCUT2D eigenvalue weighted by Crippen LogP contribution is 2.32. The number of pyridine rings is 1. The summed E-state index contributed by atoms with van der Waals surface area (Å²) in [5.41, 5.74) is 1.69. The Morgan fingerprint density at radius 3 is 1.79 bits per heavy atom. The van der Waals surface area contributed by atoms with Crippen LogP contribution >= 0.6 is 0 Å². The molecule has 24 heavy (non-hydrogen) atoms. The van der Waals surface area contributed by atoms with Crippen molar-refractivity contribution in [2.45, 2.75) is 0 Å². The van der Waals surface area contributed by atoms with Gasteiger partial charge in [-0.3, -0.25) is 0 Å². The second-order valence-corrected chi connectivity index (χ2v) is 5.12. The third-order valence-corrected chi connectivity index (χ3v) is 3.59. The summed E-state index contributed by atoms with van der Waals surface area (Å²) in [7, 11) is 0. The third kappa shape index (κ3) is 2.87. The molecule has 1 aromatic heterocycles. The topological polar surface area (TPSA) is 87.5 Å². The van der Waals surface area contributed by atoms with Gasteiger partial charge in [0.25, 0.3) is 0 Å². The van der Waals surface area contributed by atoms with Gasteiger partial charge in [0.05, 0.1) is 11.3 Å². The molecule has 0 fully saturated rings. The summed E-state index contributed by atoms with van der Waals surface area (Å²) < 4.78 is 0. The van der Waals surface area contributed by atoms with Crippen molar-refractivity contribution in [1.29, 1.82) is 0 Å². The van der Waals surface area contributed by atoms with Gasteiger partial charge in [0.1, 0.15) is 0 Å². The number of carbonyl (C=O) groups is 2. The summed E-state index contributed by atoms with van der Waals surface area (Å²) in [5.74, 6) is -2.69. The van der Waals surface area contributed by atoms with Crippen molar-refractivity contribution in [1.82, 2.24) is 4.98 Å². The van der Waals surface area contributed by atoms with Gasteiger partial charge in [-0.15, -0.1) is 0 Å². The van der Waals surface area contributed by atoms with E-state index < -0.39 is 17.6 Å². The van der Waals surface area contributed by atoms with E-state index in [0.717, 1.165) is 11.1 Å². The molecule has 5 heteroatoms. The summed E-state index contributed by atoms with van der Waals surface area (Å²) in [6.07, 6.45) is 0. The second kappa shape index (κ2) is 6.34. The first-order chi connectivity index (χ1) is 11.6. The lowest BCUT2D eigenvalue weighted by Crippen LogP contribution is -2.12. The average Bonchev–Trinajstić information content (AvgIpc) is 2.62. The number of nitrogens with zero attached hydrogens (tertiary/aromatic N) is 1. The normalized spacial score (nSPS) is 10.3. The predicted molar refractivity (Wildman–Crippen MR) is 89.0 cm³/mol. The molecule has 0 aliphatic rings. The molecular weight excluding hydrogens is 306 g/mol. The van der Waals surface area contributed by atoms with Gasteiger partial charge in [-0.1, -0.05) is 60.7 Å². The number of hydrogen-bond donors (Lipinski definition) is 2. The molecule has 0 aliphatic heterocycles. The standard InChI is InChI=1S/C19H13NO4/c21-18(22)15-11-14(12-7-3-1-4-8-12)16(20-17(15)19(23)24)13-9-5-2-6-10-13/h1-11H,(H,21,22)(H,23,24). The number of benzene rings is 2. The van der Waals surface area contributed by atoms with E-state index >= 15 is 0 Å². The highest BCUT2D eigenvalue weighted by molar-refractivity contribution is 6.02. The van der Waals surface area contributed by atoms with Gasteiger partial charge in [-0.05, 0) is 11.6 Å². The van der Waals surface area contributed by atoms with Crippen LogP contribution in [0.5, 0.6) is 0 Å². The predicted octanol–water partition coefficient (Wildman–Crippen LogP) is 3.81. The zero-order valence-corrected chi connectivity index (χ0v) is 12.5. The van der Waals surface area contributed by atoms with E-state index in [4.69, 9.17) is 0 Å². The smallest absolute Gasteiger partial charge is 0.355 e. The molecule has 118 valence electrons. The zero-order valence-electron chi connectivity index (χ0n) is 12.5. The fourth-order valence-electron chi connectivity index (χ4n) is 2.49. The van der Waals surface area contributed by atoms with Crippen molar-refractivity contribution in [3.05, 3.63) is 78.0 Å². The van der Waals surface area contributed by atoms with Crippen molar-refractivity contribution < 1.29 is 19.8 Å². The highest BCUT2D eigenvalue weighted by atomic mass is 16.4.